The van der Waals surface area contributed by atoms with Crippen LogP contribution in [-0.4, -0.2) is 40.0 Å². The molecule has 1 aromatic rings. The Morgan fingerprint density at radius 3 is 2.75 bits per heavy atom. The van der Waals surface area contributed by atoms with Gasteiger partial charge >= 0.3 is 0 Å². The van der Waals surface area contributed by atoms with Gasteiger partial charge in [-0.25, -0.2) is 4.98 Å². The van der Waals surface area contributed by atoms with Crippen LogP contribution < -0.4 is 5.32 Å². The van der Waals surface area contributed by atoms with Gasteiger partial charge in [0.2, 0.25) is 0 Å². The number of fused-ring (bicyclic) bond motifs is 1. The summed E-state index contributed by atoms with van der Waals surface area (Å²) in [6.45, 7) is 12.5. The summed E-state index contributed by atoms with van der Waals surface area (Å²) < 4.78 is 0. The highest BCUT2D eigenvalue weighted by Crippen LogP contribution is 2.17. The van der Waals surface area contributed by atoms with Crippen LogP contribution >= 0.6 is 0 Å². The molecule has 4 heteroatoms. The first kappa shape index (κ1) is 15.5. The molecule has 1 aliphatic rings. The fourth-order valence-electron chi connectivity index (χ4n) is 3.29. The molecule has 0 radical (unpaired) electrons. The molecule has 2 N–H and O–H groups in total. The van der Waals surface area contributed by atoms with Crippen LogP contribution in [0.15, 0.2) is 6.33 Å². The van der Waals surface area contributed by atoms with Crippen molar-refractivity contribution in [3.63, 3.8) is 0 Å². The van der Waals surface area contributed by atoms with E-state index >= 15 is 0 Å². The Hall–Kier alpha value is -0.870. The Bertz CT molecular complexity index is 395. The lowest BCUT2D eigenvalue weighted by atomic mass is 10.0. The molecule has 1 aliphatic heterocycles. The second-order valence-electron chi connectivity index (χ2n) is 6.43. The largest absolute Gasteiger partial charge is 0.347 e. The van der Waals surface area contributed by atoms with Crippen LogP contribution in [0.2, 0.25) is 0 Å². The molecule has 20 heavy (non-hydrogen) atoms. The van der Waals surface area contributed by atoms with E-state index in [4.69, 9.17) is 0 Å². The molecule has 0 aliphatic carbocycles. The van der Waals surface area contributed by atoms with Gasteiger partial charge in [-0.1, -0.05) is 27.7 Å². The SMILES string of the molecule is CCC(CC)N(CC(C)C)CC1Cc2nc[nH]c2CN1. The molecule has 0 fully saturated rings. The van der Waals surface area contributed by atoms with E-state index in [1.165, 1.54) is 30.8 Å². The third-order valence-electron chi connectivity index (χ3n) is 4.33. The van der Waals surface area contributed by atoms with E-state index in [9.17, 15) is 0 Å². The predicted octanol–water partition coefficient (Wildman–Crippen LogP) is 2.57. The molecule has 0 saturated carbocycles. The Kier molecular flexibility index (Phi) is 5.61. The minimum atomic E-state index is 0.533. The van der Waals surface area contributed by atoms with E-state index in [0.29, 0.717) is 12.1 Å². The van der Waals surface area contributed by atoms with E-state index in [1.807, 2.05) is 6.33 Å². The van der Waals surface area contributed by atoms with Crippen molar-refractivity contribution in [2.75, 3.05) is 13.1 Å². The molecule has 2 rings (SSSR count). The summed E-state index contributed by atoms with van der Waals surface area (Å²) in [5.41, 5.74) is 2.52. The lowest BCUT2D eigenvalue weighted by Gasteiger charge is -2.36. The van der Waals surface area contributed by atoms with E-state index in [1.54, 1.807) is 0 Å². The number of aromatic nitrogens is 2. The molecule has 2 heterocycles. The van der Waals surface area contributed by atoms with E-state index < -0.39 is 0 Å². The zero-order valence-corrected chi connectivity index (χ0v) is 13.4. The van der Waals surface area contributed by atoms with Crippen molar-refractivity contribution in [2.24, 2.45) is 5.92 Å². The first-order valence-corrected chi connectivity index (χ1v) is 8.12. The molecule has 0 spiro atoms. The molecule has 4 nitrogen and oxygen atoms in total. The molecule has 0 amide bonds. The maximum Gasteiger partial charge on any atom is 0.0925 e. The molecule has 0 bridgehead atoms. The summed E-state index contributed by atoms with van der Waals surface area (Å²) in [5, 5.41) is 3.66. The van der Waals surface area contributed by atoms with Crippen molar-refractivity contribution in [1.82, 2.24) is 20.2 Å². The van der Waals surface area contributed by atoms with Crippen LogP contribution in [-0.2, 0) is 13.0 Å². The molecular formula is C16H30N4. The zero-order valence-electron chi connectivity index (χ0n) is 13.4. The Morgan fingerprint density at radius 1 is 1.35 bits per heavy atom. The number of aromatic amines is 1. The minimum absolute atomic E-state index is 0.533. The summed E-state index contributed by atoms with van der Waals surface area (Å²) in [4.78, 5) is 10.3. The smallest absolute Gasteiger partial charge is 0.0925 e. The Balaban J connectivity index is 1.97. The average Bonchev–Trinajstić information content (AvgIpc) is 2.86. The Labute approximate surface area is 123 Å². The Morgan fingerprint density at radius 2 is 2.10 bits per heavy atom. The quantitative estimate of drug-likeness (QED) is 0.805. The van der Waals surface area contributed by atoms with Gasteiger partial charge < -0.3 is 10.3 Å². The van der Waals surface area contributed by atoms with Crippen LogP contribution in [0.3, 0.4) is 0 Å². The van der Waals surface area contributed by atoms with Crippen LogP contribution in [0.4, 0.5) is 0 Å². The lowest BCUT2D eigenvalue weighted by Crippen LogP contribution is -2.48. The summed E-state index contributed by atoms with van der Waals surface area (Å²) in [6, 6.07) is 1.24. The standard InChI is InChI=1S/C16H30N4/c1-5-14(6-2)20(9-12(3)4)10-13-7-15-16(8-17-13)19-11-18-15/h11-14,17H,5-10H2,1-4H3,(H,18,19). The topological polar surface area (TPSA) is 44.0 Å². The van der Waals surface area contributed by atoms with Crippen LogP contribution in [0.1, 0.15) is 51.9 Å². The number of nitrogens with one attached hydrogen (secondary N) is 2. The van der Waals surface area contributed by atoms with E-state index in [0.717, 1.165) is 25.4 Å². The predicted molar refractivity (Wildman–Crippen MR) is 83.7 cm³/mol. The number of imidazole rings is 1. The van der Waals surface area contributed by atoms with E-state index in [2.05, 4.69) is 47.9 Å². The van der Waals surface area contributed by atoms with Crippen molar-refractivity contribution < 1.29 is 0 Å². The number of H-pyrrole nitrogens is 1. The van der Waals surface area contributed by atoms with Crippen molar-refractivity contribution in [3.8, 4) is 0 Å². The number of hydrogen-bond acceptors (Lipinski definition) is 3. The summed E-state index contributed by atoms with van der Waals surface area (Å²) in [5.74, 6) is 0.722. The van der Waals surface area contributed by atoms with Gasteiger partial charge in [-0.3, -0.25) is 4.90 Å². The second kappa shape index (κ2) is 7.23. The highest BCUT2D eigenvalue weighted by molar-refractivity contribution is 5.16. The van der Waals surface area contributed by atoms with Crippen molar-refractivity contribution in [2.45, 2.75) is 65.6 Å². The van der Waals surface area contributed by atoms with Crippen molar-refractivity contribution >= 4 is 0 Å². The van der Waals surface area contributed by atoms with Gasteiger partial charge in [0.05, 0.1) is 17.7 Å². The number of hydrogen-bond donors (Lipinski definition) is 2. The molecule has 1 unspecified atom stereocenters. The van der Waals surface area contributed by atoms with Crippen molar-refractivity contribution in [3.05, 3.63) is 17.7 Å². The first-order valence-electron chi connectivity index (χ1n) is 8.12. The molecule has 0 saturated heterocycles. The number of rotatable bonds is 7. The van der Waals surface area contributed by atoms with Gasteiger partial charge in [-0.2, -0.15) is 0 Å². The van der Waals surface area contributed by atoms with Gasteiger partial charge in [-0.05, 0) is 18.8 Å². The first-order chi connectivity index (χ1) is 9.63. The van der Waals surface area contributed by atoms with Crippen LogP contribution in [0, 0.1) is 5.92 Å². The van der Waals surface area contributed by atoms with Crippen molar-refractivity contribution in [1.29, 1.82) is 0 Å². The molecule has 114 valence electrons. The minimum Gasteiger partial charge on any atom is -0.347 e. The third-order valence-corrected chi connectivity index (χ3v) is 4.33. The van der Waals surface area contributed by atoms with Gasteiger partial charge in [-0.15, -0.1) is 0 Å². The van der Waals surface area contributed by atoms with Gasteiger partial charge in [0, 0.05) is 38.1 Å². The number of nitrogens with zero attached hydrogens (tertiary/aromatic N) is 2. The summed E-state index contributed by atoms with van der Waals surface area (Å²) >= 11 is 0. The fourth-order valence-corrected chi connectivity index (χ4v) is 3.29. The highest BCUT2D eigenvalue weighted by atomic mass is 15.2. The fraction of sp³-hybridized carbons (Fsp3) is 0.812. The maximum atomic E-state index is 4.45. The highest BCUT2D eigenvalue weighted by Gasteiger charge is 2.24. The third kappa shape index (κ3) is 3.83. The van der Waals surface area contributed by atoms with Crippen LogP contribution in [0.5, 0.6) is 0 Å². The maximum absolute atomic E-state index is 4.45. The lowest BCUT2D eigenvalue weighted by molar-refractivity contribution is 0.145. The van der Waals surface area contributed by atoms with Crippen LogP contribution in [0.25, 0.3) is 0 Å². The van der Waals surface area contributed by atoms with Gasteiger partial charge in [0.15, 0.2) is 0 Å². The summed E-state index contributed by atoms with van der Waals surface area (Å²) in [6.07, 6.45) is 5.35. The zero-order chi connectivity index (χ0) is 14.5. The monoisotopic (exact) mass is 278 g/mol. The van der Waals surface area contributed by atoms with Gasteiger partial charge in [0.25, 0.3) is 0 Å². The molecule has 0 aromatic carbocycles. The molecular weight excluding hydrogens is 248 g/mol. The molecule has 1 atom stereocenters. The van der Waals surface area contributed by atoms with Gasteiger partial charge in [0.1, 0.15) is 0 Å². The second-order valence-corrected chi connectivity index (χ2v) is 6.43. The normalized spacial score (nSPS) is 19.1. The van der Waals surface area contributed by atoms with E-state index in [-0.39, 0.29) is 0 Å². The summed E-state index contributed by atoms with van der Waals surface area (Å²) in [7, 11) is 0. The average molecular weight is 278 g/mol. The molecule has 1 aromatic heterocycles.